The van der Waals surface area contributed by atoms with Gasteiger partial charge in [0.1, 0.15) is 6.10 Å². The Kier molecular flexibility index (Phi) is 4.69. The first-order valence-corrected chi connectivity index (χ1v) is 8.74. The predicted molar refractivity (Wildman–Crippen MR) is 93.1 cm³/mol. The smallest absolute Gasteiger partial charge is 0.264 e. The van der Waals surface area contributed by atoms with E-state index in [-0.39, 0.29) is 24.1 Å². The number of morpholine rings is 1. The fourth-order valence-electron chi connectivity index (χ4n) is 3.12. The van der Waals surface area contributed by atoms with Crippen LogP contribution in [0.5, 0.6) is 0 Å². The van der Waals surface area contributed by atoms with Crippen LogP contribution in [-0.4, -0.2) is 35.4 Å². The quantitative estimate of drug-likeness (QED) is 0.930. The van der Waals surface area contributed by atoms with Gasteiger partial charge in [0.05, 0.1) is 29.1 Å². The van der Waals surface area contributed by atoms with E-state index in [1.165, 1.54) is 11.3 Å². The van der Waals surface area contributed by atoms with E-state index in [9.17, 15) is 9.59 Å². The molecule has 0 bridgehead atoms. The Bertz CT molecular complexity index is 744. The van der Waals surface area contributed by atoms with E-state index in [1.54, 1.807) is 11.4 Å². The molecule has 6 heteroatoms. The van der Waals surface area contributed by atoms with Gasteiger partial charge >= 0.3 is 0 Å². The van der Waals surface area contributed by atoms with Crippen LogP contribution >= 0.6 is 11.3 Å². The molecule has 2 heterocycles. The molecule has 3 atom stereocenters. The highest BCUT2D eigenvalue weighted by molar-refractivity contribution is 7.12. The standard InChI is InChI=1S/C18H20N2O3S/c1-11-9-23-16(13-6-4-3-5-7-13)12(2)20(11)18(22)15-8-14(10-24-15)17(19)21/h3-8,10-12,16H,9H2,1-2H3,(H2,19,21)/t11-,12-,16+/m1/s1. The van der Waals surface area contributed by atoms with Crippen molar-refractivity contribution in [3.63, 3.8) is 0 Å². The van der Waals surface area contributed by atoms with Gasteiger partial charge in [0.15, 0.2) is 0 Å². The molecular formula is C18H20N2O3S. The van der Waals surface area contributed by atoms with E-state index < -0.39 is 5.91 Å². The topological polar surface area (TPSA) is 72.6 Å². The Labute approximate surface area is 145 Å². The third-order valence-electron chi connectivity index (χ3n) is 4.33. The molecule has 1 aliphatic rings. The molecule has 126 valence electrons. The zero-order valence-corrected chi connectivity index (χ0v) is 14.5. The number of nitrogens with two attached hydrogens (primary N) is 1. The molecule has 0 radical (unpaired) electrons. The summed E-state index contributed by atoms with van der Waals surface area (Å²) in [7, 11) is 0. The Morgan fingerprint density at radius 2 is 1.96 bits per heavy atom. The first kappa shape index (κ1) is 16.7. The number of nitrogens with zero attached hydrogens (tertiary/aromatic N) is 1. The summed E-state index contributed by atoms with van der Waals surface area (Å²) in [6.45, 7) is 4.44. The monoisotopic (exact) mass is 344 g/mol. The Hall–Kier alpha value is -2.18. The van der Waals surface area contributed by atoms with Crippen molar-refractivity contribution in [3.8, 4) is 0 Å². The largest absolute Gasteiger partial charge is 0.369 e. The summed E-state index contributed by atoms with van der Waals surface area (Å²) in [6.07, 6.45) is -0.165. The van der Waals surface area contributed by atoms with Crippen molar-refractivity contribution in [2.75, 3.05) is 6.61 Å². The van der Waals surface area contributed by atoms with Crippen molar-refractivity contribution in [2.24, 2.45) is 5.73 Å². The number of hydrogen-bond acceptors (Lipinski definition) is 4. The molecule has 3 rings (SSSR count). The summed E-state index contributed by atoms with van der Waals surface area (Å²) in [5, 5.41) is 1.63. The molecule has 0 unspecified atom stereocenters. The van der Waals surface area contributed by atoms with Crippen LogP contribution in [0.15, 0.2) is 41.8 Å². The number of benzene rings is 1. The van der Waals surface area contributed by atoms with Gasteiger partial charge < -0.3 is 15.4 Å². The second-order valence-electron chi connectivity index (χ2n) is 6.03. The maximum Gasteiger partial charge on any atom is 0.264 e. The highest BCUT2D eigenvalue weighted by Crippen LogP contribution is 2.32. The number of rotatable bonds is 3. The maximum atomic E-state index is 13.0. The minimum absolute atomic E-state index is 0.0356. The number of thiophene rings is 1. The second-order valence-corrected chi connectivity index (χ2v) is 6.94. The molecule has 0 aliphatic carbocycles. The minimum atomic E-state index is -0.518. The zero-order chi connectivity index (χ0) is 17.3. The molecule has 2 amide bonds. The van der Waals surface area contributed by atoms with Crippen LogP contribution in [0.1, 0.15) is 45.5 Å². The van der Waals surface area contributed by atoms with Crippen LogP contribution in [0.3, 0.4) is 0 Å². The summed E-state index contributed by atoms with van der Waals surface area (Å²) in [5.41, 5.74) is 6.71. The van der Waals surface area contributed by atoms with E-state index in [2.05, 4.69) is 0 Å². The number of primary amides is 1. The van der Waals surface area contributed by atoms with Crippen molar-refractivity contribution >= 4 is 23.2 Å². The molecule has 2 N–H and O–H groups in total. The van der Waals surface area contributed by atoms with Gasteiger partial charge in [-0.1, -0.05) is 30.3 Å². The Morgan fingerprint density at radius 1 is 1.25 bits per heavy atom. The third kappa shape index (κ3) is 3.07. The fourth-order valence-corrected chi connectivity index (χ4v) is 3.96. The van der Waals surface area contributed by atoms with E-state index in [0.717, 1.165) is 5.56 Å². The lowest BCUT2D eigenvalue weighted by atomic mass is 9.98. The van der Waals surface area contributed by atoms with Crippen molar-refractivity contribution in [1.82, 2.24) is 4.90 Å². The van der Waals surface area contributed by atoms with E-state index in [4.69, 9.17) is 10.5 Å². The molecule has 0 saturated carbocycles. The lowest BCUT2D eigenvalue weighted by Gasteiger charge is -2.43. The Balaban J connectivity index is 1.86. The number of ether oxygens (including phenoxy) is 1. The zero-order valence-electron chi connectivity index (χ0n) is 13.6. The summed E-state index contributed by atoms with van der Waals surface area (Å²) >= 11 is 1.25. The summed E-state index contributed by atoms with van der Waals surface area (Å²) in [5.74, 6) is -0.604. The van der Waals surface area contributed by atoms with Gasteiger partial charge in [-0.3, -0.25) is 9.59 Å². The van der Waals surface area contributed by atoms with E-state index >= 15 is 0 Å². The third-order valence-corrected chi connectivity index (χ3v) is 5.24. The minimum Gasteiger partial charge on any atom is -0.369 e. The van der Waals surface area contributed by atoms with Crippen molar-refractivity contribution in [2.45, 2.75) is 32.0 Å². The molecule has 1 fully saturated rings. The van der Waals surface area contributed by atoms with Crippen LogP contribution in [-0.2, 0) is 4.74 Å². The van der Waals surface area contributed by atoms with Crippen LogP contribution in [0.2, 0.25) is 0 Å². The first-order chi connectivity index (χ1) is 11.5. The Morgan fingerprint density at radius 3 is 2.58 bits per heavy atom. The lowest BCUT2D eigenvalue weighted by molar-refractivity contribution is -0.0804. The summed E-state index contributed by atoms with van der Waals surface area (Å²) < 4.78 is 5.98. The first-order valence-electron chi connectivity index (χ1n) is 7.86. The van der Waals surface area contributed by atoms with E-state index in [0.29, 0.717) is 17.0 Å². The summed E-state index contributed by atoms with van der Waals surface area (Å²) in [4.78, 5) is 26.6. The average Bonchev–Trinajstić information content (AvgIpc) is 3.06. The number of amides is 2. The van der Waals surface area contributed by atoms with Crippen molar-refractivity contribution in [3.05, 3.63) is 57.8 Å². The molecule has 24 heavy (non-hydrogen) atoms. The van der Waals surface area contributed by atoms with Gasteiger partial charge in [-0.2, -0.15) is 0 Å². The lowest BCUT2D eigenvalue weighted by Crippen LogP contribution is -2.53. The highest BCUT2D eigenvalue weighted by Gasteiger charge is 2.37. The molecule has 1 aliphatic heterocycles. The molecule has 5 nitrogen and oxygen atoms in total. The normalized spacial score (nSPS) is 23.9. The van der Waals surface area contributed by atoms with Gasteiger partial charge in [-0.05, 0) is 25.5 Å². The van der Waals surface area contributed by atoms with Crippen molar-refractivity contribution in [1.29, 1.82) is 0 Å². The maximum absolute atomic E-state index is 13.0. The fraction of sp³-hybridized carbons (Fsp3) is 0.333. The number of carbonyl (C=O) groups is 2. The molecule has 2 aromatic rings. The average molecular weight is 344 g/mol. The molecule has 1 saturated heterocycles. The van der Waals surface area contributed by atoms with Crippen LogP contribution in [0.25, 0.3) is 0 Å². The molecular weight excluding hydrogens is 324 g/mol. The SMILES string of the molecule is C[C@@H]1CO[C@H](c2ccccc2)[C@@H](C)N1C(=O)c1cc(C(N)=O)cs1. The number of hydrogen-bond donors (Lipinski definition) is 1. The van der Waals surface area contributed by atoms with Crippen LogP contribution in [0.4, 0.5) is 0 Å². The predicted octanol–water partition coefficient (Wildman–Crippen LogP) is 2.84. The van der Waals surface area contributed by atoms with Gasteiger partial charge in [-0.15, -0.1) is 11.3 Å². The van der Waals surface area contributed by atoms with Crippen molar-refractivity contribution < 1.29 is 14.3 Å². The summed E-state index contributed by atoms with van der Waals surface area (Å²) in [6, 6.07) is 11.3. The van der Waals surface area contributed by atoms with Gasteiger partial charge in [0.2, 0.25) is 5.91 Å². The number of carbonyl (C=O) groups excluding carboxylic acids is 2. The second kappa shape index (κ2) is 6.75. The molecule has 0 spiro atoms. The van der Waals surface area contributed by atoms with Gasteiger partial charge in [-0.25, -0.2) is 0 Å². The highest BCUT2D eigenvalue weighted by atomic mass is 32.1. The van der Waals surface area contributed by atoms with Gasteiger partial charge in [0, 0.05) is 5.38 Å². The molecule has 1 aromatic heterocycles. The van der Waals surface area contributed by atoms with Gasteiger partial charge in [0.25, 0.3) is 5.91 Å². The van der Waals surface area contributed by atoms with Crippen LogP contribution in [0, 0.1) is 0 Å². The van der Waals surface area contributed by atoms with Crippen LogP contribution < -0.4 is 5.73 Å². The molecule has 1 aromatic carbocycles. The van der Waals surface area contributed by atoms with E-state index in [1.807, 2.05) is 49.1 Å².